The summed E-state index contributed by atoms with van der Waals surface area (Å²) < 4.78 is 0. The van der Waals surface area contributed by atoms with Crippen LogP contribution >= 0.6 is 0 Å². The van der Waals surface area contributed by atoms with Crippen LogP contribution < -0.4 is 17.2 Å². The topological polar surface area (TPSA) is 98.3 Å². The van der Waals surface area contributed by atoms with E-state index in [1.165, 1.54) is 24.8 Å². The highest BCUT2D eigenvalue weighted by Crippen LogP contribution is 2.63. The van der Waals surface area contributed by atoms with E-state index in [9.17, 15) is 5.11 Å². The average Bonchev–Trinajstić information content (AvgIpc) is 2.88. The minimum Gasteiger partial charge on any atom is -0.508 e. The van der Waals surface area contributed by atoms with E-state index in [4.69, 9.17) is 17.2 Å². The summed E-state index contributed by atoms with van der Waals surface area (Å²) in [6, 6.07) is 5.48. The Kier molecular flexibility index (Phi) is 3.49. The van der Waals surface area contributed by atoms with Crippen molar-refractivity contribution >= 4 is 0 Å². The maximum absolute atomic E-state index is 9.84. The third-order valence-corrected chi connectivity index (χ3v) is 7.50. The smallest absolute Gasteiger partial charge is 0.115 e. The summed E-state index contributed by atoms with van der Waals surface area (Å²) in [6.07, 6.45) is 4.84. The molecular weight excluding hydrogens is 286 g/mol. The van der Waals surface area contributed by atoms with Crippen LogP contribution in [-0.4, -0.2) is 17.7 Å². The summed E-state index contributed by atoms with van der Waals surface area (Å²) in [5.41, 5.74) is 21.9. The monoisotopic (exact) mass is 315 g/mol. The zero-order valence-corrected chi connectivity index (χ0v) is 13.9. The highest BCUT2D eigenvalue weighted by molar-refractivity contribution is 5.43. The van der Waals surface area contributed by atoms with E-state index in [-0.39, 0.29) is 17.8 Å². The maximum atomic E-state index is 9.84. The van der Waals surface area contributed by atoms with Gasteiger partial charge in [0.15, 0.2) is 0 Å². The van der Waals surface area contributed by atoms with E-state index in [0.29, 0.717) is 29.1 Å². The van der Waals surface area contributed by atoms with Crippen molar-refractivity contribution in [1.82, 2.24) is 0 Å². The van der Waals surface area contributed by atoms with E-state index in [2.05, 4.69) is 13.0 Å². The molecular formula is C19H29N3O. The van der Waals surface area contributed by atoms with Gasteiger partial charge in [-0.2, -0.15) is 0 Å². The number of hydrogen-bond donors (Lipinski definition) is 4. The molecule has 2 saturated carbocycles. The normalized spacial score (nSPS) is 45.2. The van der Waals surface area contributed by atoms with Crippen molar-refractivity contribution < 1.29 is 5.11 Å². The largest absolute Gasteiger partial charge is 0.508 e. The van der Waals surface area contributed by atoms with Crippen LogP contribution in [-0.2, 0) is 0 Å². The van der Waals surface area contributed by atoms with E-state index in [1.54, 1.807) is 6.07 Å². The Bertz CT molecular complexity index is 619. The van der Waals surface area contributed by atoms with Crippen molar-refractivity contribution in [1.29, 1.82) is 0 Å². The molecule has 0 heterocycles. The second-order valence-corrected chi connectivity index (χ2v) is 8.26. The molecule has 4 nitrogen and oxygen atoms in total. The molecule has 7 atom stereocenters. The zero-order chi connectivity index (χ0) is 16.4. The quantitative estimate of drug-likeness (QED) is 0.638. The fourth-order valence-corrected chi connectivity index (χ4v) is 6.23. The lowest BCUT2D eigenvalue weighted by molar-refractivity contribution is 0.0165. The molecule has 0 amide bonds. The molecule has 4 heteroatoms. The molecule has 0 spiro atoms. The Balaban J connectivity index is 1.77. The molecule has 0 aromatic heterocycles. The van der Waals surface area contributed by atoms with Crippen LogP contribution in [0.2, 0.25) is 0 Å². The van der Waals surface area contributed by atoms with E-state index in [0.717, 1.165) is 18.5 Å². The van der Waals surface area contributed by atoms with Gasteiger partial charge in [0, 0.05) is 12.1 Å². The molecule has 0 aliphatic heterocycles. The van der Waals surface area contributed by atoms with Crippen LogP contribution in [0.25, 0.3) is 0 Å². The average molecular weight is 315 g/mol. The fourth-order valence-electron chi connectivity index (χ4n) is 6.23. The third kappa shape index (κ3) is 2.01. The third-order valence-electron chi connectivity index (χ3n) is 7.50. The first-order valence-electron chi connectivity index (χ1n) is 9.01. The Morgan fingerprint density at radius 2 is 1.96 bits per heavy atom. The number of benzene rings is 1. The molecule has 0 radical (unpaired) electrons. The van der Waals surface area contributed by atoms with Crippen LogP contribution in [0.15, 0.2) is 18.2 Å². The van der Waals surface area contributed by atoms with Crippen molar-refractivity contribution in [3.05, 3.63) is 29.3 Å². The summed E-state index contributed by atoms with van der Waals surface area (Å²) in [5, 5.41) is 9.84. The van der Waals surface area contributed by atoms with E-state index < -0.39 is 0 Å². The Morgan fingerprint density at radius 3 is 2.70 bits per heavy atom. The van der Waals surface area contributed by atoms with Crippen LogP contribution in [0.3, 0.4) is 0 Å². The molecule has 2 fully saturated rings. The molecule has 1 aromatic rings. The number of nitrogens with two attached hydrogens (primary N) is 3. The predicted molar refractivity (Wildman–Crippen MR) is 91.9 cm³/mol. The molecule has 23 heavy (non-hydrogen) atoms. The fraction of sp³-hybridized carbons (Fsp3) is 0.684. The number of phenolic OH excluding ortho intramolecular Hbond substituents is 1. The molecule has 3 aliphatic rings. The van der Waals surface area contributed by atoms with Gasteiger partial charge in [-0.25, -0.2) is 0 Å². The number of fused-ring (bicyclic) bond motifs is 5. The second kappa shape index (κ2) is 5.20. The van der Waals surface area contributed by atoms with Crippen LogP contribution in [0, 0.1) is 23.2 Å². The van der Waals surface area contributed by atoms with Gasteiger partial charge >= 0.3 is 0 Å². The van der Waals surface area contributed by atoms with Gasteiger partial charge in [-0.3, -0.25) is 0 Å². The standard InChI is InChI=1S/C19H29N3O/c1-19-7-6-13-12-4-3-11(23)8-14(12)17(21)18(22)16(13)15(19)5-2-10(19)9-20/h3-4,8,10,13,15-18,23H,2,5-7,9,20-22H2,1H3/t10-,13?,15?,16?,17?,18+,19?/m1/s1. The van der Waals surface area contributed by atoms with Gasteiger partial charge in [0.1, 0.15) is 5.75 Å². The van der Waals surface area contributed by atoms with Crippen molar-refractivity contribution in [3.8, 4) is 5.75 Å². The second-order valence-electron chi connectivity index (χ2n) is 8.26. The number of rotatable bonds is 1. The summed E-state index contributed by atoms with van der Waals surface area (Å²) in [4.78, 5) is 0. The molecule has 4 rings (SSSR count). The first kappa shape index (κ1) is 15.4. The highest BCUT2D eigenvalue weighted by Gasteiger charge is 2.57. The van der Waals surface area contributed by atoms with Crippen LogP contribution in [0.1, 0.15) is 55.7 Å². The number of hydrogen-bond acceptors (Lipinski definition) is 4. The van der Waals surface area contributed by atoms with Gasteiger partial charge in [0.25, 0.3) is 0 Å². The van der Waals surface area contributed by atoms with Crippen molar-refractivity contribution in [2.45, 2.75) is 50.6 Å². The summed E-state index contributed by atoms with van der Waals surface area (Å²) >= 11 is 0. The van der Waals surface area contributed by atoms with Gasteiger partial charge in [-0.15, -0.1) is 0 Å². The lowest BCUT2D eigenvalue weighted by Crippen LogP contribution is -2.54. The van der Waals surface area contributed by atoms with E-state index >= 15 is 0 Å². The highest BCUT2D eigenvalue weighted by atomic mass is 16.3. The lowest BCUT2D eigenvalue weighted by Gasteiger charge is -2.54. The number of aromatic hydroxyl groups is 1. The Hall–Kier alpha value is -1.10. The molecule has 0 saturated heterocycles. The van der Waals surface area contributed by atoms with Crippen LogP contribution in [0.5, 0.6) is 5.75 Å². The number of phenols is 1. The van der Waals surface area contributed by atoms with Crippen LogP contribution in [0.4, 0.5) is 0 Å². The molecule has 3 aliphatic carbocycles. The predicted octanol–water partition coefficient (Wildman–Crippen LogP) is 2.22. The molecule has 7 N–H and O–H groups in total. The SMILES string of the molecule is CC12CCC3c4ccc(O)cc4C(N)[C@@H](N)C3C1CC[C@@H]2CN. The van der Waals surface area contributed by atoms with Crippen molar-refractivity contribution in [3.63, 3.8) is 0 Å². The Labute approximate surface area is 138 Å². The van der Waals surface area contributed by atoms with Gasteiger partial charge in [0.05, 0.1) is 0 Å². The van der Waals surface area contributed by atoms with Gasteiger partial charge in [-0.05, 0) is 84.6 Å². The first-order chi connectivity index (χ1) is 11.0. The van der Waals surface area contributed by atoms with Gasteiger partial charge in [0.2, 0.25) is 0 Å². The minimum atomic E-state index is -0.183. The van der Waals surface area contributed by atoms with Crippen molar-refractivity contribution in [2.24, 2.45) is 40.4 Å². The molecule has 1 aromatic carbocycles. The summed E-state index contributed by atoms with van der Waals surface area (Å²) in [5.74, 6) is 2.46. The van der Waals surface area contributed by atoms with E-state index in [1.807, 2.05) is 6.07 Å². The molecule has 126 valence electrons. The van der Waals surface area contributed by atoms with Crippen molar-refractivity contribution in [2.75, 3.05) is 6.54 Å². The summed E-state index contributed by atoms with van der Waals surface area (Å²) in [6.45, 7) is 3.22. The van der Waals surface area contributed by atoms with Gasteiger partial charge < -0.3 is 22.3 Å². The minimum absolute atomic E-state index is 0.0320. The lowest BCUT2D eigenvalue weighted by atomic mass is 9.52. The Morgan fingerprint density at radius 1 is 1.17 bits per heavy atom. The maximum Gasteiger partial charge on any atom is 0.115 e. The zero-order valence-electron chi connectivity index (χ0n) is 13.9. The molecule has 0 bridgehead atoms. The van der Waals surface area contributed by atoms with Gasteiger partial charge in [-0.1, -0.05) is 13.0 Å². The first-order valence-corrected chi connectivity index (χ1v) is 9.01. The molecule has 5 unspecified atom stereocenters. The summed E-state index contributed by atoms with van der Waals surface area (Å²) in [7, 11) is 0.